The Morgan fingerprint density at radius 1 is 1.40 bits per heavy atom. The molecule has 0 radical (unpaired) electrons. The molecule has 1 rings (SSSR count). The van der Waals surface area contributed by atoms with Gasteiger partial charge in [0.1, 0.15) is 0 Å². The lowest BCUT2D eigenvalue weighted by Gasteiger charge is -2.29. The first kappa shape index (κ1) is 16.2. The molecule has 0 aromatic heterocycles. The summed E-state index contributed by atoms with van der Waals surface area (Å²) in [4.78, 5) is 14.9. The predicted molar refractivity (Wildman–Crippen MR) is 77.3 cm³/mol. The molecule has 5 nitrogen and oxygen atoms in total. The van der Waals surface area contributed by atoms with Gasteiger partial charge in [0.05, 0.1) is 18.2 Å². The van der Waals surface area contributed by atoms with E-state index in [0.29, 0.717) is 12.1 Å². The third kappa shape index (κ3) is 5.00. The van der Waals surface area contributed by atoms with E-state index in [-0.39, 0.29) is 12.6 Å². The van der Waals surface area contributed by atoms with Gasteiger partial charge < -0.3 is 10.0 Å². The van der Waals surface area contributed by atoms with E-state index in [0.717, 1.165) is 12.1 Å². The summed E-state index contributed by atoms with van der Waals surface area (Å²) in [6, 6.07) is 9.38. The van der Waals surface area contributed by atoms with E-state index in [1.807, 2.05) is 49.0 Å². The normalized spacial score (nSPS) is 12.4. The second kappa shape index (κ2) is 7.63. The van der Waals surface area contributed by atoms with E-state index >= 15 is 0 Å². The number of carbonyl (C=O) groups is 1. The number of aliphatic carboxylic acids is 1. The van der Waals surface area contributed by atoms with E-state index in [1.165, 1.54) is 0 Å². The summed E-state index contributed by atoms with van der Waals surface area (Å²) in [5.74, 6) is -0.841. The summed E-state index contributed by atoms with van der Waals surface area (Å²) in [7, 11) is 3.92. The van der Waals surface area contributed by atoms with Crippen LogP contribution in [0.25, 0.3) is 0 Å². The number of hydrogen-bond donors (Lipinski definition) is 1. The molecule has 0 aliphatic rings. The number of nitrogens with zero attached hydrogens (tertiary/aromatic N) is 3. The molecule has 0 amide bonds. The summed E-state index contributed by atoms with van der Waals surface area (Å²) in [5, 5.41) is 18.0. The maximum atomic E-state index is 11.0. The van der Waals surface area contributed by atoms with Gasteiger partial charge in [-0.25, -0.2) is 0 Å². The maximum absolute atomic E-state index is 11.0. The highest BCUT2D eigenvalue weighted by Crippen LogP contribution is 2.20. The predicted octanol–water partition coefficient (Wildman–Crippen LogP) is 1.57. The molecule has 108 valence electrons. The van der Waals surface area contributed by atoms with Crippen LogP contribution in [0.3, 0.4) is 0 Å². The van der Waals surface area contributed by atoms with Gasteiger partial charge in [0.25, 0.3) is 0 Å². The Labute approximate surface area is 120 Å². The van der Waals surface area contributed by atoms with E-state index in [2.05, 4.69) is 6.07 Å². The molecule has 1 aromatic rings. The third-order valence-corrected chi connectivity index (χ3v) is 3.22. The van der Waals surface area contributed by atoms with Crippen LogP contribution in [0.1, 0.15) is 24.1 Å². The van der Waals surface area contributed by atoms with Gasteiger partial charge >= 0.3 is 5.97 Å². The van der Waals surface area contributed by atoms with Crippen LogP contribution in [0, 0.1) is 11.3 Å². The van der Waals surface area contributed by atoms with Crippen molar-refractivity contribution >= 4 is 5.97 Å². The monoisotopic (exact) mass is 275 g/mol. The molecule has 0 spiro atoms. The first-order chi connectivity index (χ1) is 9.43. The van der Waals surface area contributed by atoms with Crippen LogP contribution in [0.5, 0.6) is 0 Å². The number of carboxylic acid groups (broad SMARTS) is 1. The van der Waals surface area contributed by atoms with Crippen LogP contribution in [0.15, 0.2) is 24.3 Å². The van der Waals surface area contributed by atoms with Crippen molar-refractivity contribution in [2.24, 2.45) is 0 Å². The molecule has 0 aliphatic carbocycles. The Balaban J connectivity index is 2.87. The van der Waals surface area contributed by atoms with Crippen molar-refractivity contribution in [3.8, 4) is 6.07 Å². The molecule has 0 saturated heterocycles. The molecule has 1 unspecified atom stereocenters. The lowest BCUT2D eigenvalue weighted by Crippen LogP contribution is -2.37. The number of nitriles is 1. The molecule has 1 atom stereocenters. The minimum atomic E-state index is -0.841. The van der Waals surface area contributed by atoms with E-state index in [4.69, 9.17) is 10.4 Å². The van der Waals surface area contributed by atoms with Gasteiger partial charge in [0.2, 0.25) is 0 Å². The minimum absolute atomic E-state index is 0.00815. The third-order valence-electron chi connectivity index (χ3n) is 3.22. The smallest absolute Gasteiger partial charge is 0.317 e. The summed E-state index contributed by atoms with van der Waals surface area (Å²) >= 11 is 0. The molecule has 0 bridgehead atoms. The van der Waals surface area contributed by atoms with Crippen LogP contribution < -0.4 is 0 Å². The second-order valence-electron chi connectivity index (χ2n) is 5.08. The van der Waals surface area contributed by atoms with Gasteiger partial charge in [-0.1, -0.05) is 12.1 Å². The SMILES string of the molecule is CC(c1cccc(C#N)c1)N(CCN(C)C)CC(=O)O. The molecule has 20 heavy (non-hydrogen) atoms. The topological polar surface area (TPSA) is 67.6 Å². The average Bonchev–Trinajstić information content (AvgIpc) is 2.42. The standard InChI is InChI=1S/C15H21N3O2/c1-12(14-6-4-5-13(9-14)10-16)18(11-15(19)20)8-7-17(2)3/h4-6,9,12H,7-8,11H2,1-3H3,(H,19,20). The number of benzene rings is 1. The largest absolute Gasteiger partial charge is 0.480 e. The summed E-state index contributed by atoms with van der Waals surface area (Å²) < 4.78 is 0. The lowest BCUT2D eigenvalue weighted by atomic mass is 10.0. The van der Waals surface area contributed by atoms with Crippen molar-refractivity contribution in [2.45, 2.75) is 13.0 Å². The van der Waals surface area contributed by atoms with Gasteiger partial charge in [-0.05, 0) is 38.7 Å². The molecule has 0 fully saturated rings. The summed E-state index contributed by atoms with van der Waals surface area (Å²) in [5.41, 5.74) is 1.56. The zero-order chi connectivity index (χ0) is 15.1. The average molecular weight is 275 g/mol. The van der Waals surface area contributed by atoms with Crippen LogP contribution >= 0.6 is 0 Å². The highest BCUT2D eigenvalue weighted by atomic mass is 16.4. The first-order valence-corrected chi connectivity index (χ1v) is 6.54. The van der Waals surface area contributed by atoms with E-state index < -0.39 is 5.97 Å². The highest BCUT2D eigenvalue weighted by molar-refractivity contribution is 5.69. The molecule has 0 heterocycles. The quantitative estimate of drug-likeness (QED) is 0.818. The lowest BCUT2D eigenvalue weighted by molar-refractivity contribution is -0.138. The Hall–Kier alpha value is -1.90. The van der Waals surface area contributed by atoms with Gasteiger partial charge in [-0.15, -0.1) is 0 Å². The molecule has 0 aliphatic heterocycles. The first-order valence-electron chi connectivity index (χ1n) is 6.54. The Morgan fingerprint density at radius 3 is 2.65 bits per heavy atom. The van der Waals surface area contributed by atoms with E-state index in [1.54, 1.807) is 6.07 Å². The van der Waals surface area contributed by atoms with Gasteiger partial charge in [-0.2, -0.15) is 5.26 Å². The van der Waals surface area contributed by atoms with Crippen LogP contribution in [0.2, 0.25) is 0 Å². The van der Waals surface area contributed by atoms with E-state index in [9.17, 15) is 4.79 Å². The fraction of sp³-hybridized carbons (Fsp3) is 0.467. The van der Waals surface area contributed by atoms with Gasteiger partial charge in [0.15, 0.2) is 0 Å². The molecule has 1 aromatic carbocycles. The summed E-state index contributed by atoms with van der Waals surface area (Å²) in [6.07, 6.45) is 0. The van der Waals surface area contributed by atoms with Crippen molar-refractivity contribution in [1.82, 2.24) is 9.80 Å². The number of carboxylic acids is 1. The second-order valence-corrected chi connectivity index (χ2v) is 5.08. The van der Waals surface area contributed by atoms with Crippen LogP contribution in [0.4, 0.5) is 0 Å². The zero-order valence-corrected chi connectivity index (χ0v) is 12.2. The van der Waals surface area contributed by atoms with Gasteiger partial charge in [0, 0.05) is 19.1 Å². The Kier molecular flexibility index (Phi) is 6.16. The van der Waals surface area contributed by atoms with Crippen LogP contribution in [-0.4, -0.2) is 54.6 Å². The Morgan fingerprint density at radius 2 is 2.10 bits per heavy atom. The number of likely N-dealkylation sites (N-methyl/N-ethyl adjacent to an activating group) is 1. The molecular formula is C15H21N3O2. The molecule has 0 saturated carbocycles. The highest BCUT2D eigenvalue weighted by Gasteiger charge is 2.18. The maximum Gasteiger partial charge on any atom is 0.317 e. The number of hydrogen-bond acceptors (Lipinski definition) is 4. The van der Waals surface area contributed by atoms with Crippen LogP contribution in [-0.2, 0) is 4.79 Å². The minimum Gasteiger partial charge on any atom is -0.480 e. The van der Waals surface area contributed by atoms with Crippen molar-refractivity contribution < 1.29 is 9.90 Å². The van der Waals surface area contributed by atoms with Crippen molar-refractivity contribution in [3.05, 3.63) is 35.4 Å². The number of rotatable bonds is 7. The zero-order valence-electron chi connectivity index (χ0n) is 12.2. The Bertz CT molecular complexity index is 494. The van der Waals surface area contributed by atoms with Gasteiger partial charge in [-0.3, -0.25) is 9.69 Å². The fourth-order valence-corrected chi connectivity index (χ4v) is 1.99. The fourth-order valence-electron chi connectivity index (χ4n) is 1.99. The molecule has 5 heteroatoms. The van der Waals surface area contributed by atoms with Crippen molar-refractivity contribution in [1.29, 1.82) is 5.26 Å². The molecule has 1 N–H and O–H groups in total. The van der Waals surface area contributed by atoms with Crippen molar-refractivity contribution in [3.63, 3.8) is 0 Å². The van der Waals surface area contributed by atoms with Crippen molar-refractivity contribution in [2.75, 3.05) is 33.7 Å². The molecular weight excluding hydrogens is 254 g/mol. The summed E-state index contributed by atoms with van der Waals surface area (Å²) in [6.45, 7) is 3.41.